The van der Waals surface area contributed by atoms with Crippen molar-refractivity contribution in [1.82, 2.24) is 10.2 Å². The molecule has 5 nitrogen and oxygen atoms in total. The molecule has 0 fully saturated rings. The molecule has 0 aliphatic rings. The average molecular weight is 322 g/mol. The van der Waals surface area contributed by atoms with E-state index in [1.54, 1.807) is 30.3 Å². The molecule has 0 bridgehead atoms. The monoisotopic (exact) mass is 322 g/mol. The number of aliphatic carboxylic acids is 1. The fourth-order valence-corrected chi connectivity index (χ4v) is 2.80. The van der Waals surface area contributed by atoms with Crippen LogP contribution in [0.25, 0.3) is 10.9 Å². The zero-order chi connectivity index (χ0) is 17.0. The highest BCUT2D eigenvalue weighted by molar-refractivity contribution is 5.84. The number of aromatic amines is 1. The van der Waals surface area contributed by atoms with Gasteiger partial charge < -0.3 is 9.84 Å². The molecular formula is C19H18N2O3. The third kappa shape index (κ3) is 2.81. The number of ether oxygens (including phenoxy) is 1. The standard InChI is InChI=1S/C19H18N2O3/c1-2-12-24-19(18(22)23,14-8-4-3-5-9-14)13-17-15-10-6-7-11-16(15)20-21-17/h2-11H,1,12-13H2,(H,20,21)(H,22,23). The number of para-hydroxylation sites is 1. The third-order valence-corrected chi connectivity index (χ3v) is 4.00. The van der Waals surface area contributed by atoms with Gasteiger partial charge in [-0.3, -0.25) is 5.10 Å². The molecule has 2 N–H and O–H groups in total. The summed E-state index contributed by atoms with van der Waals surface area (Å²) >= 11 is 0. The van der Waals surface area contributed by atoms with E-state index in [0.717, 1.165) is 16.6 Å². The van der Waals surface area contributed by atoms with Gasteiger partial charge in [-0.2, -0.15) is 5.10 Å². The first-order valence-corrected chi connectivity index (χ1v) is 7.63. The molecular weight excluding hydrogens is 304 g/mol. The Kier molecular flexibility index (Phi) is 4.44. The van der Waals surface area contributed by atoms with Crippen LogP contribution in [0.2, 0.25) is 0 Å². The maximum Gasteiger partial charge on any atom is 0.341 e. The second kappa shape index (κ2) is 6.68. The SMILES string of the molecule is C=CCOC(Cc1[nH]nc2ccccc12)(C(=O)O)c1ccccc1. The Labute approximate surface area is 139 Å². The Bertz CT molecular complexity index is 857. The Morgan fingerprint density at radius 2 is 1.92 bits per heavy atom. The van der Waals surface area contributed by atoms with E-state index in [-0.39, 0.29) is 13.0 Å². The molecule has 0 aliphatic carbocycles. The van der Waals surface area contributed by atoms with E-state index < -0.39 is 11.6 Å². The molecule has 0 saturated heterocycles. The van der Waals surface area contributed by atoms with E-state index in [1.165, 1.54) is 0 Å². The van der Waals surface area contributed by atoms with Crippen LogP contribution in [0.4, 0.5) is 0 Å². The number of carboxylic acid groups (broad SMARTS) is 1. The summed E-state index contributed by atoms with van der Waals surface area (Å²) < 4.78 is 5.78. The largest absolute Gasteiger partial charge is 0.479 e. The van der Waals surface area contributed by atoms with Gasteiger partial charge in [-0.25, -0.2) is 4.79 Å². The minimum absolute atomic E-state index is 0.132. The van der Waals surface area contributed by atoms with E-state index in [9.17, 15) is 9.90 Å². The number of carbonyl (C=O) groups is 1. The van der Waals surface area contributed by atoms with Crippen LogP contribution in [0.1, 0.15) is 11.3 Å². The van der Waals surface area contributed by atoms with Gasteiger partial charge in [0.25, 0.3) is 0 Å². The average Bonchev–Trinajstić information content (AvgIpc) is 3.02. The molecule has 3 aromatic rings. The van der Waals surface area contributed by atoms with E-state index >= 15 is 0 Å². The number of fused-ring (bicyclic) bond motifs is 1. The van der Waals surface area contributed by atoms with Gasteiger partial charge in [0.1, 0.15) is 0 Å². The van der Waals surface area contributed by atoms with Gasteiger partial charge in [0, 0.05) is 17.5 Å². The summed E-state index contributed by atoms with van der Waals surface area (Å²) in [6.45, 7) is 3.76. The lowest BCUT2D eigenvalue weighted by Gasteiger charge is -2.29. The molecule has 122 valence electrons. The van der Waals surface area contributed by atoms with Crippen LogP contribution >= 0.6 is 0 Å². The first-order chi connectivity index (χ1) is 11.7. The summed E-state index contributed by atoms with van der Waals surface area (Å²) in [4.78, 5) is 12.2. The molecule has 0 saturated carbocycles. The van der Waals surface area contributed by atoms with E-state index in [1.807, 2.05) is 30.3 Å². The minimum atomic E-state index is -1.51. The second-order valence-corrected chi connectivity index (χ2v) is 5.49. The quantitative estimate of drug-likeness (QED) is 0.655. The molecule has 1 unspecified atom stereocenters. The number of nitrogens with zero attached hydrogens (tertiary/aromatic N) is 1. The zero-order valence-corrected chi connectivity index (χ0v) is 13.1. The number of hydrogen-bond acceptors (Lipinski definition) is 3. The molecule has 1 heterocycles. The van der Waals surface area contributed by atoms with Crippen molar-refractivity contribution in [2.24, 2.45) is 0 Å². The molecule has 2 aromatic carbocycles. The lowest BCUT2D eigenvalue weighted by atomic mass is 9.88. The van der Waals surface area contributed by atoms with Gasteiger partial charge in [0.05, 0.1) is 12.1 Å². The molecule has 0 radical (unpaired) electrons. The van der Waals surface area contributed by atoms with Crippen LogP contribution in [-0.2, 0) is 21.6 Å². The fourth-order valence-electron chi connectivity index (χ4n) is 2.80. The number of hydrogen-bond donors (Lipinski definition) is 2. The Morgan fingerprint density at radius 1 is 1.21 bits per heavy atom. The maximum absolute atomic E-state index is 12.2. The molecule has 1 aromatic heterocycles. The zero-order valence-electron chi connectivity index (χ0n) is 13.1. The van der Waals surface area contributed by atoms with E-state index in [2.05, 4.69) is 16.8 Å². The second-order valence-electron chi connectivity index (χ2n) is 5.49. The van der Waals surface area contributed by atoms with Crippen LogP contribution < -0.4 is 0 Å². The van der Waals surface area contributed by atoms with Gasteiger partial charge in [-0.05, 0) is 11.6 Å². The van der Waals surface area contributed by atoms with Crippen LogP contribution in [0.3, 0.4) is 0 Å². The summed E-state index contributed by atoms with van der Waals surface area (Å²) in [5, 5.41) is 18.1. The van der Waals surface area contributed by atoms with Crippen molar-refractivity contribution in [3.63, 3.8) is 0 Å². The molecule has 0 spiro atoms. The number of aromatic nitrogens is 2. The molecule has 1 atom stereocenters. The van der Waals surface area contributed by atoms with Crippen molar-refractivity contribution >= 4 is 16.9 Å². The molecule has 24 heavy (non-hydrogen) atoms. The number of benzene rings is 2. The minimum Gasteiger partial charge on any atom is -0.479 e. The summed E-state index contributed by atoms with van der Waals surface area (Å²) in [6, 6.07) is 16.6. The van der Waals surface area contributed by atoms with Gasteiger partial charge >= 0.3 is 5.97 Å². The number of carboxylic acids is 1. The van der Waals surface area contributed by atoms with Crippen LogP contribution in [0.15, 0.2) is 67.3 Å². The van der Waals surface area contributed by atoms with Crippen LogP contribution in [0.5, 0.6) is 0 Å². The van der Waals surface area contributed by atoms with Gasteiger partial charge in [0.2, 0.25) is 0 Å². The summed E-state index contributed by atoms with van der Waals surface area (Å²) in [7, 11) is 0. The number of H-pyrrole nitrogens is 1. The van der Waals surface area contributed by atoms with Crippen LogP contribution in [-0.4, -0.2) is 27.9 Å². The summed E-state index contributed by atoms with van der Waals surface area (Å²) in [5.41, 5.74) is 0.590. The highest BCUT2D eigenvalue weighted by atomic mass is 16.5. The molecule has 3 rings (SSSR count). The number of nitrogens with one attached hydrogen (secondary N) is 1. The van der Waals surface area contributed by atoms with Crippen molar-refractivity contribution in [2.75, 3.05) is 6.61 Å². The highest BCUT2D eigenvalue weighted by Gasteiger charge is 2.42. The van der Waals surface area contributed by atoms with Crippen molar-refractivity contribution in [2.45, 2.75) is 12.0 Å². The Hall–Kier alpha value is -2.92. The smallest absolute Gasteiger partial charge is 0.341 e. The van der Waals surface area contributed by atoms with E-state index in [4.69, 9.17) is 4.74 Å². The summed E-state index contributed by atoms with van der Waals surface area (Å²) in [6.07, 6.45) is 1.69. The van der Waals surface area contributed by atoms with E-state index in [0.29, 0.717) is 5.56 Å². The predicted octanol–water partition coefficient (Wildman–Crippen LogP) is 3.29. The normalized spacial score (nSPS) is 13.5. The molecule has 5 heteroatoms. The van der Waals surface area contributed by atoms with Crippen LogP contribution in [0, 0.1) is 0 Å². The third-order valence-electron chi connectivity index (χ3n) is 4.00. The first kappa shape index (κ1) is 16.0. The fraction of sp³-hybridized carbons (Fsp3) is 0.158. The highest BCUT2D eigenvalue weighted by Crippen LogP contribution is 2.32. The maximum atomic E-state index is 12.2. The van der Waals surface area contributed by atoms with Gasteiger partial charge in [-0.15, -0.1) is 6.58 Å². The molecule has 0 aliphatic heterocycles. The van der Waals surface area contributed by atoms with Crippen molar-refractivity contribution in [3.05, 3.63) is 78.5 Å². The van der Waals surface area contributed by atoms with Gasteiger partial charge in [-0.1, -0.05) is 54.6 Å². The first-order valence-electron chi connectivity index (χ1n) is 7.63. The van der Waals surface area contributed by atoms with Crippen molar-refractivity contribution in [1.29, 1.82) is 0 Å². The van der Waals surface area contributed by atoms with Crippen molar-refractivity contribution in [3.8, 4) is 0 Å². The van der Waals surface area contributed by atoms with Crippen molar-refractivity contribution < 1.29 is 14.6 Å². The van der Waals surface area contributed by atoms with Gasteiger partial charge in [0.15, 0.2) is 5.60 Å². The Balaban J connectivity index is 2.10. The number of rotatable bonds is 7. The Morgan fingerprint density at radius 3 is 2.62 bits per heavy atom. The topological polar surface area (TPSA) is 75.2 Å². The lowest BCUT2D eigenvalue weighted by Crippen LogP contribution is -2.41. The molecule has 0 amide bonds. The summed E-state index contributed by atoms with van der Waals surface area (Å²) in [5.74, 6) is -1.05. The predicted molar refractivity (Wildman–Crippen MR) is 91.7 cm³/mol. The lowest BCUT2D eigenvalue weighted by molar-refractivity contribution is -0.166.